The van der Waals surface area contributed by atoms with E-state index in [1.54, 1.807) is 12.1 Å². The smallest absolute Gasteiger partial charge is 0.373 e. The zero-order chi connectivity index (χ0) is 21.2. The minimum atomic E-state index is 0. The van der Waals surface area contributed by atoms with Gasteiger partial charge in [-0.3, -0.25) is 15.1 Å². The third-order valence-corrected chi connectivity index (χ3v) is 4.35. The molecule has 0 aliphatic carbocycles. The molecule has 2 aromatic heterocycles. The molecule has 0 aliphatic rings. The van der Waals surface area contributed by atoms with Gasteiger partial charge in [0.1, 0.15) is 0 Å². The van der Waals surface area contributed by atoms with Gasteiger partial charge in [0.25, 0.3) is 0 Å². The normalized spacial score (nSPS) is 9.30. The monoisotopic (exact) mass is 472 g/mol. The molecular formula is C16H12Cl3N10Na. The van der Waals surface area contributed by atoms with Crippen LogP contribution in [0.2, 0.25) is 10.0 Å². The molecule has 2 heterocycles. The summed E-state index contributed by atoms with van der Waals surface area (Å²) in [5, 5.41) is 20.5. The van der Waals surface area contributed by atoms with E-state index in [1.807, 2.05) is 24.3 Å². The molecule has 2 aromatic carbocycles. The number of aromatic amines is 2. The van der Waals surface area contributed by atoms with Gasteiger partial charge in [0, 0.05) is 31.4 Å². The summed E-state index contributed by atoms with van der Waals surface area (Å²) in [6, 6.07) is 10.9. The summed E-state index contributed by atoms with van der Waals surface area (Å²) in [6.45, 7) is 0.257. The summed E-state index contributed by atoms with van der Waals surface area (Å²) < 4.78 is 0. The van der Waals surface area contributed by atoms with Crippen LogP contribution in [-0.2, 0) is 12.4 Å². The SMILES string of the molecule is ClCc1[nH]nc2ccc(Cl)cc12.[N-]=[N+]=NCc1[nH]nc2ccc(Cl)cc12.[N-]=[N+]=[N-].[Na+]. The second-order valence-corrected chi connectivity index (χ2v) is 6.48. The van der Waals surface area contributed by atoms with Crippen molar-refractivity contribution in [3.63, 3.8) is 0 Å². The third-order valence-electron chi connectivity index (χ3n) is 3.62. The zero-order valence-electron chi connectivity index (χ0n) is 15.6. The van der Waals surface area contributed by atoms with Crippen LogP contribution in [0.15, 0.2) is 41.5 Å². The van der Waals surface area contributed by atoms with Crippen molar-refractivity contribution >= 4 is 56.6 Å². The van der Waals surface area contributed by atoms with Crippen LogP contribution in [0.1, 0.15) is 11.4 Å². The van der Waals surface area contributed by atoms with Crippen LogP contribution in [0.4, 0.5) is 0 Å². The van der Waals surface area contributed by atoms with Crippen LogP contribution in [0.3, 0.4) is 0 Å². The Bertz CT molecular complexity index is 1190. The summed E-state index contributed by atoms with van der Waals surface area (Å²) in [6.07, 6.45) is 0. The topological polar surface area (TPSA) is 165 Å². The number of azide groups is 1. The zero-order valence-corrected chi connectivity index (χ0v) is 19.9. The van der Waals surface area contributed by atoms with Gasteiger partial charge in [-0.05, 0) is 41.9 Å². The van der Waals surface area contributed by atoms with Crippen molar-refractivity contribution < 1.29 is 29.6 Å². The van der Waals surface area contributed by atoms with E-state index in [0.29, 0.717) is 15.9 Å². The van der Waals surface area contributed by atoms with Crippen molar-refractivity contribution in [3.8, 4) is 0 Å². The summed E-state index contributed by atoms with van der Waals surface area (Å²) in [5.74, 6) is 0.427. The molecule has 4 aromatic rings. The average Bonchev–Trinajstić information content (AvgIpc) is 3.30. The van der Waals surface area contributed by atoms with Gasteiger partial charge < -0.3 is 11.1 Å². The molecule has 0 amide bonds. The molecule has 2 N–H and O–H groups in total. The molecule has 0 saturated heterocycles. The Morgan fingerprint density at radius 2 is 1.33 bits per heavy atom. The summed E-state index contributed by atoms with van der Waals surface area (Å²) >= 11 is 17.3. The Hall–Kier alpha value is -2.13. The Labute approximate surface area is 207 Å². The number of fused-ring (bicyclic) bond motifs is 2. The van der Waals surface area contributed by atoms with Crippen LogP contribution in [0.25, 0.3) is 48.2 Å². The molecule has 0 unspecified atom stereocenters. The summed E-state index contributed by atoms with van der Waals surface area (Å²) in [4.78, 5) is 4.18. The van der Waals surface area contributed by atoms with E-state index in [-0.39, 0.29) is 36.1 Å². The number of nitrogens with one attached hydrogen (secondary N) is 2. The van der Waals surface area contributed by atoms with Crippen molar-refractivity contribution in [1.82, 2.24) is 20.4 Å². The fraction of sp³-hybridized carbons (Fsp3) is 0.125. The van der Waals surface area contributed by atoms with E-state index < -0.39 is 0 Å². The predicted octanol–water partition coefficient (Wildman–Crippen LogP) is 3.85. The van der Waals surface area contributed by atoms with Crippen molar-refractivity contribution in [2.24, 2.45) is 5.11 Å². The van der Waals surface area contributed by atoms with Gasteiger partial charge in [0.15, 0.2) is 0 Å². The molecule has 0 spiro atoms. The maximum absolute atomic E-state index is 8.19. The van der Waals surface area contributed by atoms with E-state index in [2.05, 4.69) is 30.4 Å². The molecule has 148 valence electrons. The third kappa shape index (κ3) is 6.98. The van der Waals surface area contributed by atoms with Crippen LogP contribution < -0.4 is 29.6 Å². The van der Waals surface area contributed by atoms with Crippen LogP contribution in [-0.4, -0.2) is 20.4 Å². The number of hydrogen-bond donors (Lipinski definition) is 2. The Kier molecular flexibility index (Phi) is 11.4. The van der Waals surface area contributed by atoms with E-state index in [0.717, 1.165) is 33.2 Å². The Balaban J connectivity index is 0.000000260. The van der Waals surface area contributed by atoms with Gasteiger partial charge in [-0.25, -0.2) is 0 Å². The Morgan fingerprint density at radius 3 is 1.80 bits per heavy atom. The molecule has 10 nitrogen and oxygen atoms in total. The number of rotatable bonds is 3. The number of hydrogen-bond acceptors (Lipinski definition) is 3. The van der Waals surface area contributed by atoms with Gasteiger partial charge in [0.2, 0.25) is 0 Å². The van der Waals surface area contributed by atoms with Crippen molar-refractivity contribution in [1.29, 1.82) is 0 Å². The minimum Gasteiger partial charge on any atom is -0.373 e. The van der Waals surface area contributed by atoms with Gasteiger partial charge in [-0.1, -0.05) is 28.3 Å². The van der Waals surface area contributed by atoms with Crippen molar-refractivity contribution in [2.45, 2.75) is 12.4 Å². The first-order valence-corrected chi connectivity index (χ1v) is 9.13. The van der Waals surface area contributed by atoms with E-state index in [9.17, 15) is 0 Å². The second kappa shape index (κ2) is 13.2. The number of benzene rings is 2. The molecule has 0 saturated carbocycles. The number of H-pyrrole nitrogens is 2. The van der Waals surface area contributed by atoms with Gasteiger partial charge in [-0.15, -0.1) is 11.6 Å². The predicted molar refractivity (Wildman–Crippen MR) is 115 cm³/mol. The number of nitrogens with zero attached hydrogens (tertiary/aromatic N) is 8. The van der Waals surface area contributed by atoms with E-state index in [1.165, 1.54) is 4.91 Å². The molecule has 14 heteroatoms. The van der Waals surface area contributed by atoms with Gasteiger partial charge in [-0.2, -0.15) is 10.2 Å². The van der Waals surface area contributed by atoms with Crippen LogP contribution in [0, 0.1) is 0 Å². The van der Waals surface area contributed by atoms with E-state index in [4.69, 9.17) is 51.4 Å². The molecule has 4 rings (SSSR count). The Morgan fingerprint density at radius 1 is 0.867 bits per heavy atom. The number of halogens is 3. The first-order valence-electron chi connectivity index (χ1n) is 7.84. The largest absolute Gasteiger partial charge is 1.00 e. The molecular weight excluding hydrogens is 462 g/mol. The minimum absolute atomic E-state index is 0. The standard InChI is InChI=1S/C8H6Cl2N2.C8H6ClN5.N3.Na/c9-4-8-6-3-5(10)1-2-7(6)11-12-8;9-5-1-2-7-6(3-5)8(13-12-7)4-11-14-10;1-3-2;/h1-3H,4H2,(H,11,12);1-3H,4H2,(H,12,13);;/q;;-1;+1. The number of alkyl halides is 1. The molecule has 30 heavy (non-hydrogen) atoms. The number of aromatic nitrogens is 4. The molecule has 0 fully saturated rings. The molecule has 0 radical (unpaired) electrons. The molecule has 0 atom stereocenters. The van der Waals surface area contributed by atoms with Crippen molar-refractivity contribution in [2.75, 3.05) is 0 Å². The first-order chi connectivity index (χ1) is 14.0. The average molecular weight is 474 g/mol. The van der Waals surface area contributed by atoms with Gasteiger partial charge >= 0.3 is 29.6 Å². The van der Waals surface area contributed by atoms with E-state index >= 15 is 0 Å². The summed E-state index contributed by atoms with van der Waals surface area (Å²) in [5.41, 5.74) is 25.1. The molecule has 0 bridgehead atoms. The maximum atomic E-state index is 8.19. The van der Waals surface area contributed by atoms with Gasteiger partial charge in [0.05, 0.1) is 29.2 Å². The van der Waals surface area contributed by atoms with Crippen LogP contribution in [0.5, 0.6) is 0 Å². The summed E-state index contributed by atoms with van der Waals surface area (Å²) in [7, 11) is 0. The first kappa shape index (κ1) is 25.9. The fourth-order valence-corrected chi connectivity index (χ4v) is 2.94. The maximum Gasteiger partial charge on any atom is 1.00 e. The van der Waals surface area contributed by atoms with Crippen molar-refractivity contribution in [3.05, 3.63) is 84.2 Å². The fourth-order valence-electron chi connectivity index (χ4n) is 2.40. The molecule has 0 aliphatic heterocycles. The second-order valence-electron chi connectivity index (χ2n) is 5.34. The van der Waals surface area contributed by atoms with Crippen LogP contribution >= 0.6 is 34.8 Å². The quantitative estimate of drug-likeness (QED) is 0.152.